The second-order valence-electron chi connectivity index (χ2n) is 6.89. The summed E-state index contributed by atoms with van der Waals surface area (Å²) >= 11 is 1.58. The van der Waals surface area contributed by atoms with E-state index in [-0.39, 0.29) is 17.7 Å². The number of rotatable bonds is 2. The number of nitrogens with zero attached hydrogens (tertiary/aromatic N) is 4. The Kier molecular flexibility index (Phi) is 3.79. The first-order valence-electron chi connectivity index (χ1n) is 8.50. The lowest BCUT2D eigenvalue weighted by Crippen LogP contribution is -2.38. The average Bonchev–Trinajstić information content (AvgIpc) is 3.27. The third kappa shape index (κ3) is 2.40. The number of hydrogen-bond acceptors (Lipinski definition) is 5. The van der Waals surface area contributed by atoms with Crippen LogP contribution in [0.3, 0.4) is 0 Å². The van der Waals surface area contributed by atoms with Crippen LogP contribution in [0, 0.1) is 5.92 Å². The number of thiazole rings is 1. The highest BCUT2D eigenvalue weighted by Gasteiger charge is 2.36. The highest BCUT2D eigenvalue weighted by atomic mass is 32.1. The molecule has 0 aromatic carbocycles. The molecule has 3 aliphatic heterocycles. The number of likely N-dealkylation sites (tertiary alicyclic amines) is 1. The minimum absolute atomic E-state index is 0.0720. The predicted molar refractivity (Wildman–Crippen MR) is 96.2 cm³/mol. The van der Waals surface area contributed by atoms with E-state index >= 15 is 0 Å². The molecule has 1 saturated heterocycles. The summed E-state index contributed by atoms with van der Waals surface area (Å²) < 4.78 is 0. The van der Waals surface area contributed by atoms with Crippen LogP contribution in [0.15, 0.2) is 34.9 Å². The Hall–Kier alpha value is -1.95. The smallest absolute Gasteiger partial charge is 0.273 e. The highest BCUT2D eigenvalue weighted by Crippen LogP contribution is 2.37. The summed E-state index contributed by atoms with van der Waals surface area (Å²) in [5.41, 5.74) is 0.586. The maximum atomic E-state index is 12.8. The molecule has 0 N–H and O–H groups in total. The van der Waals surface area contributed by atoms with Crippen LogP contribution in [0.4, 0.5) is 0 Å². The third-order valence-corrected chi connectivity index (χ3v) is 6.22. The van der Waals surface area contributed by atoms with Crippen molar-refractivity contribution in [3.63, 3.8) is 0 Å². The molecule has 0 spiro atoms. The van der Waals surface area contributed by atoms with Gasteiger partial charge in [-0.2, -0.15) is 0 Å². The van der Waals surface area contributed by atoms with Gasteiger partial charge in [0.2, 0.25) is 0 Å². The molecule has 5 nitrogen and oxygen atoms in total. The number of amides is 1. The summed E-state index contributed by atoms with van der Waals surface area (Å²) in [5.74, 6) is 1.51. The van der Waals surface area contributed by atoms with Crippen molar-refractivity contribution in [1.82, 2.24) is 14.8 Å². The standard InChI is InChI=1S/C18H22N4OS/c1-11-4-5-12(2)22(11)18(23)15-10-24-17(20-15)14-6-8-19-16-13(14)7-9-21(16)3/h6-14H,4-5H2,1-3H3/t11-,12-,13?,14?/m1/s1. The number of allylic oxidation sites excluding steroid dienone is 1. The molecule has 4 rings (SSSR count). The molecule has 0 aliphatic carbocycles. The molecule has 3 aliphatic rings. The molecule has 4 atom stereocenters. The van der Waals surface area contributed by atoms with E-state index in [1.54, 1.807) is 11.3 Å². The lowest BCUT2D eigenvalue weighted by molar-refractivity contribution is 0.0687. The van der Waals surface area contributed by atoms with Crippen LogP contribution in [0.5, 0.6) is 0 Å². The number of aliphatic imine (C=N–C) groups is 1. The Bertz CT molecular complexity index is 740. The van der Waals surface area contributed by atoms with Crippen LogP contribution in [0.25, 0.3) is 0 Å². The SMILES string of the molecule is C[C@@H]1CC[C@@H](C)N1C(=O)c1csc(C2C=CN=C3C2C=CN3C)n1. The van der Waals surface area contributed by atoms with Crippen LogP contribution in [0.2, 0.25) is 0 Å². The van der Waals surface area contributed by atoms with E-state index in [1.165, 1.54) is 0 Å². The second kappa shape index (κ2) is 5.84. The molecule has 0 bridgehead atoms. The summed E-state index contributed by atoms with van der Waals surface area (Å²) in [6, 6.07) is 0.606. The number of fused-ring (bicyclic) bond motifs is 1. The van der Waals surface area contributed by atoms with Gasteiger partial charge in [0.05, 0.1) is 0 Å². The molecule has 6 heteroatoms. The molecule has 0 radical (unpaired) electrons. The van der Waals surface area contributed by atoms with Gasteiger partial charge >= 0.3 is 0 Å². The van der Waals surface area contributed by atoms with Gasteiger partial charge in [-0.1, -0.05) is 12.2 Å². The van der Waals surface area contributed by atoms with Gasteiger partial charge in [0.25, 0.3) is 5.91 Å². The van der Waals surface area contributed by atoms with Crippen LogP contribution >= 0.6 is 11.3 Å². The van der Waals surface area contributed by atoms with E-state index in [0.717, 1.165) is 23.7 Å². The molecule has 4 heterocycles. The molecule has 1 aromatic rings. The summed E-state index contributed by atoms with van der Waals surface area (Å²) in [7, 11) is 2.01. The molecule has 1 aromatic heterocycles. The number of hydrogen-bond donors (Lipinski definition) is 0. The fourth-order valence-electron chi connectivity index (χ4n) is 3.91. The lowest BCUT2D eigenvalue weighted by Gasteiger charge is -2.25. The first-order chi connectivity index (χ1) is 11.6. The summed E-state index contributed by atoms with van der Waals surface area (Å²) in [6.45, 7) is 4.25. The van der Waals surface area contributed by atoms with Crippen molar-refractivity contribution >= 4 is 23.1 Å². The van der Waals surface area contributed by atoms with Crippen LogP contribution in [-0.2, 0) is 0 Å². The van der Waals surface area contributed by atoms with Crippen molar-refractivity contribution in [3.8, 4) is 0 Å². The lowest BCUT2D eigenvalue weighted by atomic mass is 9.91. The molecule has 126 valence electrons. The molecule has 0 saturated carbocycles. The van der Waals surface area contributed by atoms with Gasteiger partial charge in [0.15, 0.2) is 0 Å². The molecule has 2 unspecified atom stereocenters. The summed E-state index contributed by atoms with van der Waals surface area (Å²) in [6.07, 6.45) is 10.3. The zero-order chi connectivity index (χ0) is 16.8. The van der Waals surface area contributed by atoms with Crippen LogP contribution < -0.4 is 0 Å². The number of carbonyl (C=O) groups is 1. The van der Waals surface area contributed by atoms with Crippen molar-refractivity contribution < 1.29 is 4.79 Å². The Morgan fingerprint density at radius 3 is 2.71 bits per heavy atom. The minimum atomic E-state index is 0.0720. The number of carbonyl (C=O) groups excluding carboxylic acids is 1. The van der Waals surface area contributed by atoms with E-state index in [2.05, 4.69) is 42.1 Å². The minimum Gasteiger partial charge on any atom is -0.339 e. The second-order valence-corrected chi connectivity index (χ2v) is 7.78. The zero-order valence-electron chi connectivity index (χ0n) is 14.2. The molecule has 1 fully saturated rings. The Morgan fingerprint density at radius 1 is 1.21 bits per heavy atom. The fourth-order valence-corrected chi connectivity index (χ4v) is 4.83. The van der Waals surface area contributed by atoms with Gasteiger partial charge in [0, 0.05) is 48.7 Å². The maximum Gasteiger partial charge on any atom is 0.273 e. The molecular weight excluding hydrogens is 320 g/mol. The first kappa shape index (κ1) is 15.6. The van der Waals surface area contributed by atoms with E-state index in [1.807, 2.05) is 23.5 Å². The van der Waals surface area contributed by atoms with Crippen molar-refractivity contribution in [2.24, 2.45) is 10.9 Å². The van der Waals surface area contributed by atoms with Gasteiger partial charge in [0.1, 0.15) is 16.5 Å². The van der Waals surface area contributed by atoms with E-state index < -0.39 is 0 Å². The summed E-state index contributed by atoms with van der Waals surface area (Å²) in [5, 5.41) is 2.91. The fraction of sp³-hybridized carbons (Fsp3) is 0.500. The number of aromatic nitrogens is 1. The van der Waals surface area contributed by atoms with Gasteiger partial charge in [-0.25, -0.2) is 9.98 Å². The molecule has 1 amide bonds. The molecule has 24 heavy (non-hydrogen) atoms. The third-order valence-electron chi connectivity index (χ3n) is 5.28. The van der Waals surface area contributed by atoms with E-state index in [9.17, 15) is 4.79 Å². The van der Waals surface area contributed by atoms with Crippen molar-refractivity contribution in [3.05, 3.63) is 40.6 Å². The van der Waals surface area contributed by atoms with Crippen LogP contribution in [-0.4, -0.2) is 45.7 Å². The van der Waals surface area contributed by atoms with Gasteiger partial charge in [-0.15, -0.1) is 11.3 Å². The molecular formula is C18H22N4OS. The van der Waals surface area contributed by atoms with Gasteiger partial charge in [-0.05, 0) is 26.7 Å². The quantitative estimate of drug-likeness (QED) is 0.829. The van der Waals surface area contributed by atoms with Gasteiger partial charge < -0.3 is 9.80 Å². The Labute approximate surface area is 146 Å². The topological polar surface area (TPSA) is 48.8 Å². The normalized spacial score (nSPS) is 31.5. The van der Waals surface area contributed by atoms with Crippen molar-refractivity contribution in [2.75, 3.05) is 7.05 Å². The van der Waals surface area contributed by atoms with E-state index in [0.29, 0.717) is 17.8 Å². The summed E-state index contributed by atoms with van der Waals surface area (Å²) in [4.78, 5) is 26.1. The predicted octanol–water partition coefficient (Wildman–Crippen LogP) is 3.24. The van der Waals surface area contributed by atoms with E-state index in [4.69, 9.17) is 4.98 Å². The largest absolute Gasteiger partial charge is 0.339 e. The first-order valence-corrected chi connectivity index (χ1v) is 9.38. The highest BCUT2D eigenvalue weighted by molar-refractivity contribution is 7.10. The zero-order valence-corrected chi connectivity index (χ0v) is 15.0. The average molecular weight is 342 g/mol. The number of amidine groups is 1. The monoisotopic (exact) mass is 342 g/mol. The Balaban J connectivity index is 1.57. The Morgan fingerprint density at radius 2 is 1.96 bits per heavy atom. The maximum absolute atomic E-state index is 12.8. The van der Waals surface area contributed by atoms with Crippen molar-refractivity contribution in [1.29, 1.82) is 0 Å². The van der Waals surface area contributed by atoms with Crippen molar-refractivity contribution in [2.45, 2.75) is 44.7 Å². The van der Waals surface area contributed by atoms with Gasteiger partial charge in [-0.3, -0.25) is 4.79 Å². The van der Waals surface area contributed by atoms with Crippen LogP contribution in [0.1, 0.15) is 48.1 Å².